The predicted octanol–water partition coefficient (Wildman–Crippen LogP) is -2.29. The van der Waals surface area contributed by atoms with Crippen molar-refractivity contribution in [2.24, 2.45) is 17.4 Å². The van der Waals surface area contributed by atoms with E-state index in [-0.39, 0.29) is 12.2 Å². The second-order valence-electron chi connectivity index (χ2n) is 8.50. The highest BCUT2D eigenvalue weighted by molar-refractivity contribution is 5.95. The van der Waals surface area contributed by atoms with Gasteiger partial charge in [-0.05, 0) is 30.5 Å². The fraction of sp³-hybridized carbons (Fsp3) is 0.500. The van der Waals surface area contributed by atoms with Crippen LogP contribution in [-0.4, -0.2) is 75.2 Å². The Kier molecular flexibility index (Phi) is 11.1. The molecular formula is C22H33N5O8. The van der Waals surface area contributed by atoms with Crippen molar-refractivity contribution in [2.75, 3.05) is 0 Å². The summed E-state index contributed by atoms with van der Waals surface area (Å²) in [6, 6.07) is 0.465. The lowest BCUT2D eigenvalue weighted by Crippen LogP contribution is -2.60. The number of aromatic hydroxyl groups is 1. The molecular weight excluding hydrogens is 462 g/mol. The van der Waals surface area contributed by atoms with Crippen LogP contribution in [0.2, 0.25) is 0 Å². The van der Waals surface area contributed by atoms with E-state index in [9.17, 15) is 39.3 Å². The molecule has 0 spiro atoms. The van der Waals surface area contributed by atoms with E-state index in [0.29, 0.717) is 5.56 Å². The van der Waals surface area contributed by atoms with Gasteiger partial charge in [-0.1, -0.05) is 26.0 Å². The minimum absolute atomic E-state index is 0.00935. The predicted molar refractivity (Wildman–Crippen MR) is 124 cm³/mol. The SMILES string of the molecule is CC(C)C(NC(=O)C(Cc1ccc(O)cc1)NC(=O)C(N)CC(N)=O)C(=O)NC(C(=O)O)C(C)O. The molecule has 0 aromatic heterocycles. The first-order valence-electron chi connectivity index (χ1n) is 10.9. The number of carbonyl (C=O) groups excluding carboxylic acids is 4. The number of aliphatic hydroxyl groups excluding tert-OH is 1. The lowest BCUT2D eigenvalue weighted by Gasteiger charge is -2.27. The van der Waals surface area contributed by atoms with Crippen molar-refractivity contribution in [2.45, 2.75) is 63.9 Å². The van der Waals surface area contributed by atoms with E-state index >= 15 is 0 Å². The Morgan fingerprint density at radius 3 is 1.89 bits per heavy atom. The molecule has 1 aromatic carbocycles. The number of carboxylic acids is 1. The summed E-state index contributed by atoms with van der Waals surface area (Å²) < 4.78 is 0. The normalized spacial score (nSPS) is 15.3. The second kappa shape index (κ2) is 13.2. The number of carboxylic acid groups (broad SMARTS) is 1. The Balaban J connectivity index is 3.12. The zero-order valence-electron chi connectivity index (χ0n) is 19.7. The van der Waals surface area contributed by atoms with Crippen LogP contribution in [0.15, 0.2) is 24.3 Å². The minimum Gasteiger partial charge on any atom is -0.508 e. The summed E-state index contributed by atoms with van der Waals surface area (Å²) in [6.07, 6.45) is -1.90. The van der Waals surface area contributed by atoms with E-state index in [1.165, 1.54) is 31.2 Å². The molecule has 13 heteroatoms. The van der Waals surface area contributed by atoms with Crippen LogP contribution >= 0.6 is 0 Å². The van der Waals surface area contributed by atoms with Gasteiger partial charge >= 0.3 is 5.97 Å². The zero-order chi connectivity index (χ0) is 26.9. The lowest BCUT2D eigenvalue weighted by atomic mass is 10.00. The molecule has 0 saturated heterocycles. The number of amides is 4. The number of carbonyl (C=O) groups is 5. The lowest BCUT2D eigenvalue weighted by molar-refractivity contribution is -0.145. The van der Waals surface area contributed by atoms with Gasteiger partial charge in [0.15, 0.2) is 6.04 Å². The largest absolute Gasteiger partial charge is 0.508 e. The highest BCUT2D eigenvalue weighted by Gasteiger charge is 2.33. The minimum atomic E-state index is -1.60. The van der Waals surface area contributed by atoms with Gasteiger partial charge in [-0.15, -0.1) is 0 Å². The highest BCUT2D eigenvalue weighted by atomic mass is 16.4. The first kappa shape index (κ1) is 29.3. The third-order valence-corrected chi connectivity index (χ3v) is 5.06. The maximum Gasteiger partial charge on any atom is 0.328 e. The van der Waals surface area contributed by atoms with Crippen molar-refractivity contribution in [1.29, 1.82) is 0 Å². The number of hydrogen-bond acceptors (Lipinski definition) is 8. The molecule has 10 N–H and O–H groups in total. The average molecular weight is 496 g/mol. The Hall–Kier alpha value is -3.71. The van der Waals surface area contributed by atoms with Crippen molar-refractivity contribution in [1.82, 2.24) is 16.0 Å². The molecule has 5 atom stereocenters. The molecule has 13 nitrogen and oxygen atoms in total. The van der Waals surface area contributed by atoms with Crippen LogP contribution in [0, 0.1) is 5.92 Å². The van der Waals surface area contributed by atoms with E-state index in [2.05, 4.69) is 16.0 Å². The Morgan fingerprint density at radius 1 is 0.886 bits per heavy atom. The fourth-order valence-electron chi connectivity index (χ4n) is 3.09. The molecule has 0 aliphatic rings. The molecule has 35 heavy (non-hydrogen) atoms. The van der Waals surface area contributed by atoms with Crippen molar-refractivity contribution < 1.29 is 39.3 Å². The summed E-state index contributed by atoms with van der Waals surface area (Å²) in [4.78, 5) is 60.7. The van der Waals surface area contributed by atoms with E-state index in [4.69, 9.17) is 11.5 Å². The standard InChI is InChI=1S/C22H33N5O8/c1-10(2)17(21(33)27-18(11(3)28)22(34)35)26-20(32)15(8-12-4-6-13(29)7-5-12)25-19(31)14(23)9-16(24)30/h4-7,10-11,14-15,17-18,28-29H,8-9,23H2,1-3H3,(H2,24,30)(H,25,31)(H,26,32)(H,27,33)(H,34,35). The summed E-state index contributed by atoms with van der Waals surface area (Å²) in [5, 5.41) is 35.4. The first-order chi connectivity index (χ1) is 16.2. The number of primary amides is 1. The smallest absolute Gasteiger partial charge is 0.328 e. The third kappa shape index (κ3) is 9.59. The number of aliphatic hydroxyl groups is 1. The number of nitrogens with two attached hydrogens (primary N) is 2. The first-order valence-corrected chi connectivity index (χ1v) is 10.9. The van der Waals surface area contributed by atoms with Crippen LogP contribution in [0.1, 0.15) is 32.8 Å². The van der Waals surface area contributed by atoms with Crippen molar-refractivity contribution in [3.63, 3.8) is 0 Å². The number of phenols is 1. The van der Waals surface area contributed by atoms with Gasteiger partial charge in [0.25, 0.3) is 0 Å². The number of nitrogens with one attached hydrogen (secondary N) is 3. The number of benzene rings is 1. The van der Waals surface area contributed by atoms with Crippen LogP contribution in [0.5, 0.6) is 5.75 Å². The van der Waals surface area contributed by atoms with E-state index < -0.39 is 72.2 Å². The number of hydrogen-bond donors (Lipinski definition) is 8. The molecule has 0 bridgehead atoms. The molecule has 0 aliphatic heterocycles. The number of phenolic OH excluding ortho intramolecular Hbond substituents is 1. The van der Waals surface area contributed by atoms with Crippen LogP contribution in [0.4, 0.5) is 0 Å². The van der Waals surface area contributed by atoms with Crippen LogP contribution in [0.3, 0.4) is 0 Å². The summed E-state index contributed by atoms with van der Waals surface area (Å²) in [5.41, 5.74) is 11.3. The van der Waals surface area contributed by atoms with E-state index in [1.54, 1.807) is 13.8 Å². The van der Waals surface area contributed by atoms with Crippen molar-refractivity contribution in [3.05, 3.63) is 29.8 Å². The monoisotopic (exact) mass is 495 g/mol. The van der Waals surface area contributed by atoms with Gasteiger partial charge in [0.05, 0.1) is 18.6 Å². The summed E-state index contributed by atoms with van der Waals surface area (Å²) in [6.45, 7) is 4.42. The van der Waals surface area contributed by atoms with Gasteiger partial charge in [-0.25, -0.2) is 4.79 Å². The highest BCUT2D eigenvalue weighted by Crippen LogP contribution is 2.12. The topological polar surface area (TPSA) is 234 Å². The zero-order valence-corrected chi connectivity index (χ0v) is 19.7. The molecule has 4 amide bonds. The third-order valence-electron chi connectivity index (χ3n) is 5.06. The molecule has 194 valence electrons. The van der Waals surface area contributed by atoms with E-state index in [1.807, 2.05) is 0 Å². The molecule has 0 aliphatic carbocycles. The van der Waals surface area contributed by atoms with Crippen LogP contribution < -0.4 is 27.4 Å². The van der Waals surface area contributed by atoms with Gasteiger partial charge in [0.1, 0.15) is 17.8 Å². The number of rotatable bonds is 13. The maximum atomic E-state index is 13.1. The summed E-state index contributed by atoms with van der Waals surface area (Å²) in [5.74, 6) is -5.22. The summed E-state index contributed by atoms with van der Waals surface area (Å²) in [7, 11) is 0. The quantitative estimate of drug-likeness (QED) is 0.147. The van der Waals surface area contributed by atoms with Gasteiger partial charge in [0.2, 0.25) is 23.6 Å². The Labute approximate surface area is 202 Å². The van der Waals surface area contributed by atoms with Gasteiger partial charge < -0.3 is 42.7 Å². The molecule has 0 fully saturated rings. The van der Waals surface area contributed by atoms with Crippen molar-refractivity contribution in [3.8, 4) is 5.75 Å². The van der Waals surface area contributed by atoms with E-state index in [0.717, 1.165) is 0 Å². The average Bonchev–Trinajstić information content (AvgIpc) is 2.75. The van der Waals surface area contributed by atoms with Gasteiger partial charge in [-0.2, -0.15) is 0 Å². The van der Waals surface area contributed by atoms with Gasteiger partial charge in [-0.3, -0.25) is 19.2 Å². The fourth-order valence-corrected chi connectivity index (χ4v) is 3.09. The second-order valence-corrected chi connectivity index (χ2v) is 8.50. The maximum absolute atomic E-state index is 13.1. The van der Waals surface area contributed by atoms with Crippen molar-refractivity contribution >= 4 is 29.6 Å². The van der Waals surface area contributed by atoms with Crippen LogP contribution in [-0.2, 0) is 30.4 Å². The molecule has 5 unspecified atom stereocenters. The molecule has 1 aromatic rings. The Morgan fingerprint density at radius 2 is 1.43 bits per heavy atom. The number of aliphatic carboxylic acids is 1. The van der Waals surface area contributed by atoms with Crippen LogP contribution in [0.25, 0.3) is 0 Å². The molecule has 0 saturated carbocycles. The summed E-state index contributed by atoms with van der Waals surface area (Å²) >= 11 is 0. The van der Waals surface area contributed by atoms with Gasteiger partial charge in [0, 0.05) is 6.42 Å². The Bertz CT molecular complexity index is 919. The molecule has 1 rings (SSSR count). The molecule has 0 radical (unpaired) electrons. The molecule has 0 heterocycles.